The number of aliphatic carboxylic acids is 1. The monoisotopic (exact) mass is 328 g/mol. The van der Waals surface area contributed by atoms with Crippen LogP contribution in [0.4, 0.5) is 0 Å². The first-order valence-electron chi connectivity index (χ1n) is 7.06. The van der Waals surface area contributed by atoms with E-state index in [1.165, 1.54) is 0 Å². The maximum Gasteiger partial charge on any atom is 0.322 e. The van der Waals surface area contributed by atoms with Gasteiger partial charge in [0.25, 0.3) is 0 Å². The fourth-order valence-electron chi connectivity index (χ4n) is 2.31. The van der Waals surface area contributed by atoms with Crippen molar-refractivity contribution in [2.24, 2.45) is 0 Å². The SMILES string of the molecule is Cl.O=C(O)CNC(=O)CN1CCC(Oc2ccccc2)CC1. The topological polar surface area (TPSA) is 78.9 Å². The van der Waals surface area contributed by atoms with Crippen molar-refractivity contribution in [1.29, 1.82) is 0 Å². The summed E-state index contributed by atoms with van der Waals surface area (Å²) in [7, 11) is 0. The third kappa shape index (κ3) is 6.32. The van der Waals surface area contributed by atoms with E-state index >= 15 is 0 Å². The van der Waals surface area contributed by atoms with Crippen molar-refractivity contribution in [1.82, 2.24) is 10.2 Å². The number of piperidine rings is 1. The van der Waals surface area contributed by atoms with Crippen LogP contribution in [-0.2, 0) is 9.59 Å². The van der Waals surface area contributed by atoms with Gasteiger partial charge in [0.1, 0.15) is 18.4 Å². The smallest absolute Gasteiger partial charge is 0.322 e. The lowest BCUT2D eigenvalue weighted by Gasteiger charge is -2.31. The van der Waals surface area contributed by atoms with Gasteiger partial charge in [-0.2, -0.15) is 0 Å². The molecule has 0 aromatic heterocycles. The Bertz CT molecular complexity index is 476. The number of likely N-dealkylation sites (tertiary alicyclic amines) is 1. The number of rotatable bonds is 6. The number of nitrogens with zero attached hydrogens (tertiary/aromatic N) is 1. The summed E-state index contributed by atoms with van der Waals surface area (Å²) in [5.74, 6) is -0.409. The van der Waals surface area contributed by atoms with E-state index in [1.807, 2.05) is 35.2 Å². The number of carbonyl (C=O) groups is 2. The Morgan fingerprint density at radius 2 is 1.86 bits per heavy atom. The van der Waals surface area contributed by atoms with Crippen molar-refractivity contribution >= 4 is 24.3 Å². The number of para-hydroxylation sites is 1. The summed E-state index contributed by atoms with van der Waals surface area (Å²) in [4.78, 5) is 23.9. The third-order valence-corrected chi connectivity index (χ3v) is 3.38. The number of carboxylic acids is 1. The van der Waals surface area contributed by atoms with Gasteiger partial charge < -0.3 is 15.2 Å². The minimum absolute atomic E-state index is 0. The summed E-state index contributed by atoms with van der Waals surface area (Å²) in [6.45, 7) is 1.47. The van der Waals surface area contributed by atoms with Crippen molar-refractivity contribution in [3.63, 3.8) is 0 Å². The zero-order valence-electron chi connectivity index (χ0n) is 12.2. The van der Waals surface area contributed by atoms with Crippen molar-refractivity contribution < 1.29 is 19.4 Å². The van der Waals surface area contributed by atoms with Crippen LogP contribution in [0.5, 0.6) is 5.75 Å². The molecule has 0 radical (unpaired) electrons. The molecule has 6 nitrogen and oxygen atoms in total. The summed E-state index contributed by atoms with van der Waals surface area (Å²) in [6, 6.07) is 9.71. The van der Waals surface area contributed by atoms with Gasteiger partial charge in [-0.3, -0.25) is 14.5 Å². The Morgan fingerprint density at radius 3 is 2.45 bits per heavy atom. The van der Waals surface area contributed by atoms with E-state index in [1.54, 1.807) is 0 Å². The molecule has 22 heavy (non-hydrogen) atoms. The summed E-state index contributed by atoms with van der Waals surface area (Å²) in [6.07, 6.45) is 1.90. The molecule has 0 aliphatic carbocycles. The van der Waals surface area contributed by atoms with E-state index in [0.717, 1.165) is 31.7 Å². The molecule has 122 valence electrons. The molecule has 2 rings (SSSR count). The Hall–Kier alpha value is -1.79. The number of amides is 1. The van der Waals surface area contributed by atoms with Crippen LogP contribution >= 0.6 is 12.4 Å². The Labute approximate surface area is 135 Å². The standard InChI is InChI=1S/C15H20N2O4.ClH/c18-14(16-10-15(19)20)11-17-8-6-13(7-9-17)21-12-4-2-1-3-5-12;/h1-5,13H,6-11H2,(H,16,18)(H,19,20);1H. The molecular formula is C15H21ClN2O4. The Kier molecular flexibility index (Phi) is 7.70. The molecule has 0 unspecified atom stereocenters. The minimum atomic E-state index is -1.03. The summed E-state index contributed by atoms with van der Waals surface area (Å²) in [5.41, 5.74) is 0. The highest BCUT2D eigenvalue weighted by Gasteiger charge is 2.22. The summed E-state index contributed by atoms with van der Waals surface area (Å²) >= 11 is 0. The summed E-state index contributed by atoms with van der Waals surface area (Å²) < 4.78 is 5.88. The minimum Gasteiger partial charge on any atom is -0.490 e. The van der Waals surface area contributed by atoms with E-state index in [0.29, 0.717) is 0 Å². The second-order valence-corrected chi connectivity index (χ2v) is 5.08. The van der Waals surface area contributed by atoms with Gasteiger partial charge in [-0.1, -0.05) is 18.2 Å². The average molecular weight is 329 g/mol. The lowest BCUT2D eigenvalue weighted by atomic mass is 10.1. The molecule has 1 aromatic rings. The normalized spacial score (nSPS) is 15.6. The lowest BCUT2D eigenvalue weighted by Crippen LogP contribution is -2.44. The fraction of sp³-hybridized carbons (Fsp3) is 0.467. The third-order valence-electron chi connectivity index (χ3n) is 3.38. The van der Waals surface area contributed by atoms with E-state index in [-0.39, 0.29) is 37.5 Å². The largest absolute Gasteiger partial charge is 0.490 e. The van der Waals surface area contributed by atoms with Crippen molar-refractivity contribution in [3.8, 4) is 5.75 Å². The molecule has 1 aliphatic rings. The van der Waals surface area contributed by atoms with Crippen LogP contribution in [-0.4, -0.2) is 54.2 Å². The van der Waals surface area contributed by atoms with E-state index in [9.17, 15) is 9.59 Å². The molecule has 0 bridgehead atoms. The highest BCUT2D eigenvalue weighted by molar-refractivity contribution is 5.85. The van der Waals surface area contributed by atoms with Crippen LogP contribution in [0.2, 0.25) is 0 Å². The van der Waals surface area contributed by atoms with Crippen LogP contribution in [0, 0.1) is 0 Å². The van der Waals surface area contributed by atoms with Gasteiger partial charge in [0.15, 0.2) is 0 Å². The molecule has 2 N–H and O–H groups in total. The predicted molar refractivity (Wildman–Crippen MR) is 84.4 cm³/mol. The van der Waals surface area contributed by atoms with Crippen molar-refractivity contribution in [2.75, 3.05) is 26.2 Å². The number of nitrogens with one attached hydrogen (secondary N) is 1. The lowest BCUT2D eigenvalue weighted by molar-refractivity contribution is -0.138. The first-order chi connectivity index (χ1) is 10.1. The molecule has 1 aliphatic heterocycles. The van der Waals surface area contributed by atoms with Crippen LogP contribution in [0.25, 0.3) is 0 Å². The van der Waals surface area contributed by atoms with Crippen LogP contribution in [0.3, 0.4) is 0 Å². The second kappa shape index (κ2) is 9.27. The van der Waals surface area contributed by atoms with Crippen LogP contribution in [0.1, 0.15) is 12.8 Å². The molecular weight excluding hydrogens is 308 g/mol. The number of hydrogen-bond acceptors (Lipinski definition) is 4. The second-order valence-electron chi connectivity index (χ2n) is 5.08. The first kappa shape index (κ1) is 18.3. The highest BCUT2D eigenvalue weighted by atomic mass is 35.5. The number of ether oxygens (including phenoxy) is 1. The van der Waals surface area contributed by atoms with E-state index in [2.05, 4.69) is 5.32 Å². The fourth-order valence-corrected chi connectivity index (χ4v) is 2.31. The number of hydrogen-bond donors (Lipinski definition) is 2. The molecule has 0 spiro atoms. The van der Waals surface area contributed by atoms with E-state index in [4.69, 9.17) is 9.84 Å². The van der Waals surface area contributed by atoms with Gasteiger partial charge >= 0.3 is 5.97 Å². The Balaban J connectivity index is 0.00000242. The maximum absolute atomic E-state index is 11.5. The number of carboxylic acid groups (broad SMARTS) is 1. The van der Waals surface area contributed by atoms with Gasteiger partial charge in [-0.05, 0) is 25.0 Å². The first-order valence-corrected chi connectivity index (χ1v) is 7.06. The van der Waals surface area contributed by atoms with Gasteiger partial charge in [-0.25, -0.2) is 0 Å². The van der Waals surface area contributed by atoms with Crippen molar-refractivity contribution in [3.05, 3.63) is 30.3 Å². The van der Waals surface area contributed by atoms with Gasteiger partial charge in [0.2, 0.25) is 5.91 Å². The molecule has 1 fully saturated rings. The molecule has 1 amide bonds. The van der Waals surface area contributed by atoms with Gasteiger partial charge in [0.05, 0.1) is 6.54 Å². The quantitative estimate of drug-likeness (QED) is 0.819. The molecule has 1 aromatic carbocycles. The van der Waals surface area contributed by atoms with E-state index < -0.39 is 5.97 Å². The highest BCUT2D eigenvalue weighted by Crippen LogP contribution is 2.18. The molecule has 7 heteroatoms. The zero-order valence-corrected chi connectivity index (χ0v) is 13.1. The molecule has 1 saturated heterocycles. The van der Waals surface area contributed by atoms with Crippen LogP contribution in [0.15, 0.2) is 30.3 Å². The van der Waals surface area contributed by atoms with Crippen molar-refractivity contribution in [2.45, 2.75) is 18.9 Å². The van der Waals surface area contributed by atoms with Gasteiger partial charge in [0, 0.05) is 13.1 Å². The number of carbonyl (C=O) groups excluding carboxylic acids is 1. The predicted octanol–water partition coefficient (Wildman–Crippen LogP) is 1.15. The number of halogens is 1. The van der Waals surface area contributed by atoms with Gasteiger partial charge in [-0.15, -0.1) is 12.4 Å². The maximum atomic E-state index is 11.5. The molecule has 0 saturated carbocycles. The van der Waals surface area contributed by atoms with Crippen LogP contribution < -0.4 is 10.1 Å². The number of benzene rings is 1. The zero-order chi connectivity index (χ0) is 15.1. The summed E-state index contributed by atoms with van der Waals surface area (Å²) in [5, 5.41) is 10.9. The molecule has 0 atom stereocenters. The molecule has 1 heterocycles. The average Bonchev–Trinajstić information content (AvgIpc) is 2.48. The Morgan fingerprint density at radius 1 is 1.23 bits per heavy atom.